The maximum atomic E-state index is 12.6. The van der Waals surface area contributed by atoms with E-state index in [-0.39, 0.29) is 22.7 Å². The van der Waals surface area contributed by atoms with Crippen LogP contribution in [0.3, 0.4) is 0 Å². The quantitative estimate of drug-likeness (QED) is 0.451. The number of hydrogen-bond donors (Lipinski definition) is 1. The Bertz CT molecular complexity index is 1410. The number of ketones is 1. The molecule has 4 aromatic heterocycles. The van der Waals surface area contributed by atoms with Crippen molar-refractivity contribution >= 4 is 51.5 Å². The van der Waals surface area contributed by atoms with E-state index in [0.717, 1.165) is 21.4 Å². The van der Waals surface area contributed by atoms with Crippen molar-refractivity contribution in [1.82, 2.24) is 23.9 Å². The first-order valence-corrected chi connectivity index (χ1v) is 11.3. The molecule has 1 aliphatic rings. The molecular formula is C20H16N6O4S2. The number of carbonyl (C=O) groups is 2. The maximum absolute atomic E-state index is 12.6. The zero-order valence-electron chi connectivity index (χ0n) is 16.8. The third-order valence-electron chi connectivity index (χ3n) is 5.28. The molecular weight excluding hydrogens is 452 g/mol. The Balaban J connectivity index is 1.43. The lowest BCUT2D eigenvalue weighted by molar-refractivity contribution is -0.122. The first-order chi connectivity index (χ1) is 15.4. The van der Waals surface area contributed by atoms with Crippen molar-refractivity contribution in [3.05, 3.63) is 56.5 Å². The number of carbonyl (C=O) groups excluding carboxylic acids is 1. The third-order valence-corrected chi connectivity index (χ3v) is 6.86. The highest BCUT2D eigenvalue weighted by Crippen LogP contribution is 2.27. The Morgan fingerprint density at radius 2 is 2.06 bits per heavy atom. The molecule has 0 radical (unpaired) electrons. The lowest BCUT2D eigenvalue weighted by Crippen LogP contribution is -2.51. The Morgan fingerprint density at radius 3 is 2.72 bits per heavy atom. The van der Waals surface area contributed by atoms with Crippen molar-refractivity contribution < 1.29 is 14.7 Å². The SMILES string of the molecule is Cc1cnc(CC(=O)C2CN(c3ccc4c(=O)c(C(=O)O)cn(-c5ncns5)c4n3)C2)s1. The van der Waals surface area contributed by atoms with Crippen molar-refractivity contribution in [1.29, 1.82) is 0 Å². The molecule has 0 aliphatic carbocycles. The Labute approximate surface area is 189 Å². The summed E-state index contributed by atoms with van der Waals surface area (Å²) in [6.45, 7) is 3.01. The van der Waals surface area contributed by atoms with E-state index in [1.807, 2.05) is 11.8 Å². The van der Waals surface area contributed by atoms with E-state index < -0.39 is 11.4 Å². The standard InChI is InChI=1S/C20H16N6O4S2/c1-10-5-21-16(31-10)4-14(27)11-6-25(7-11)15-3-2-12-17(28)13(19(29)30)8-26(18(12)24-15)20-22-9-23-32-20/h2-3,5,8-9,11H,4,6-7H2,1H3,(H,29,30). The normalized spacial score (nSPS) is 14.0. The van der Waals surface area contributed by atoms with E-state index in [0.29, 0.717) is 36.1 Å². The number of thiazole rings is 1. The van der Waals surface area contributed by atoms with Crippen LogP contribution in [0.4, 0.5) is 5.82 Å². The van der Waals surface area contributed by atoms with Gasteiger partial charge in [0.25, 0.3) is 0 Å². The van der Waals surface area contributed by atoms with Gasteiger partial charge in [-0.25, -0.2) is 19.7 Å². The number of aromatic nitrogens is 5. The lowest BCUT2D eigenvalue weighted by Gasteiger charge is -2.39. The summed E-state index contributed by atoms with van der Waals surface area (Å²) in [5.74, 6) is -0.671. The summed E-state index contributed by atoms with van der Waals surface area (Å²) in [6, 6.07) is 3.24. The van der Waals surface area contributed by atoms with Gasteiger partial charge in [0.15, 0.2) is 5.65 Å². The topological polar surface area (TPSA) is 131 Å². The summed E-state index contributed by atoms with van der Waals surface area (Å²) in [5.41, 5.74) is -0.681. The van der Waals surface area contributed by atoms with Crippen LogP contribution >= 0.6 is 22.9 Å². The molecule has 5 rings (SSSR count). The summed E-state index contributed by atoms with van der Waals surface area (Å²) < 4.78 is 5.42. The number of carboxylic acid groups (broad SMARTS) is 1. The average molecular weight is 469 g/mol. The molecule has 0 saturated carbocycles. The number of Topliss-reactive ketones (excluding diaryl/α,β-unsaturated/α-hetero) is 1. The van der Waals surface area contributed by atoms with Gasteiger partial charge in [0.05, 0.1) is 17.7 Å². The van der Waals surface area contributed by atoms with Crippen molar-refractivity contribution in [3.8, 4) is 5.13 Å². The molecule has 0 bridgehead atoms. The minimum absolute atomic E-state index is 0.101. The second-order valence-electron chi connectivity index (χ2n) is 7.42. The Kier molecular flexibility index (Phi) is 5.02. The second-order valence-corrected chi connectivity index (χ2v) is 9.50. The third kappa shape index (κ3) is 3.56. The highest BCUT2D eigenvalue weighted by Gasteiger charge is 2.34. The van der Waals surface area contributed by atoms with Crippen LogP contribution in [0, 0.1) is 12.8 Å². The smallest absolute Gasteiger partial charge is 0.341 e. The van der Waals surface area contributed by atoms with Crippen molar-refractivity contribution in [3.63, 3.8) is 0 Å². The van der Waals surface area contributed by atoms with Gasteiger partial charge in [-0.3, -0.25) is 14.2 Å². The molecule has 1 fully saturated rings. The summed E-state index contributed by atoms with van der Waals surface area (Å²) in [6.07, 6.45) is 4.68. The van der Waals surface area contributed by atoms with Gasteiger partial charge in [-0.1, -0.05) is 0 Å². The molecule has 10 nitrogen and oxygen atoms in total. The average Bonchev–Trinajstić information content (AvgIpc) is 3.39. The zero-order chi connectivity index (χ0) is 22.4. The van der Waals surface area contributed by atoms with Gasteiger partial charge < -0.3 is 10.0 Å². The van der Waals surface area contributed by atoms with E-state index in [9.17, 15) is 19.5 Å². The van der Waals surface area contributed by atoms with E-state index in [2.05, 4.69) is 19.3 Å². The van der Waals surface area contributed by atoms with Gasteiger partial charge in [0.2, 0.25) is 10.6 Å². The molecule has 0 atom stereocenters. The second kappa shape index (κ2) is 7.88. The number of aromatic carboxylic acids is 1. The molecule has 0 spiro atoms. The predicted molar refractivity (Wildman–Crippen MR) is 119 cm³/mol. The summed E-state index contributed by atoms with van der Waals surface area (Å²) in [5, 5.41) is 10.8. The highest BCUT2D eigenvalue weighted by atomic mass is 32.1. The largest absolute Gasteiger partial charge is 0.477 e. The fourth-order valence-corrected chi connectivity index (χ4v) is 4.89. The Hall–Kier alpha value is -3.51. The van der Waals surface area contributed by atoms with E-state index >= 15 is 0 Å². The molecule has 32 heavy (non-hydrogen) atoms. The molecule has 0 aromatic carbocycles. The van der Waals surface area contributed by atoms with Crippen molar-refractivity contribution in [2.45, 2.75) is 13.3 Å². The van der Waals surface area contributed by atoms with Gasteiger partial charge in [-0.15, -0.1) is 11.3 Å². The van der Waals surface area contributed by atoms with Crippen LogP contribution < -0.4 is 10.3 Å². The number of anilines is 1. The number of carboxylic acids is 1. The zero-order valence-corrected chi connectivity index (χ0v) is 18.4. The van der Waals surface area contributed by atoms with Crippen LogP contribution in [0.15, 0.2) is 35.6 Å². The minimum atomic E-state index is -1.32. The molecule has 1 aliphatic heterocycles. The summed E-state index contributed by atoms with van der Waals surface area (Å²) in [7, 11) is 0. The fraction of sp³-hybridized carbons (Fsp3) is 0.250. The van der Waals surface area contributed by atoms with Gasteiger partial charge >= 0.3 is 5.97 Å². The van der Waals surface area contributed by atoms with Crippen LogP contribution in [0.25, 0.3) is 16.2 Å². The molecule has 5 heterocycles. The van der Waals surface area contributed by atoms with Gasteiger partial charge in [-0.2, -0.15) is 4.37 Å². The van der Waals surface area contributed by atoms with Crippen LogP contribution in [0.2, 0.25) is 0 Å². The highest BCUT2D eigenvalue weighted by molar-refractivity contribution is 7.11. The number of fused-ring (bicyclic) bond motifs is 1. The number of pyridine rings is 2. The van der Waals surface area contributed by atoms with Crippen LogP contribution in [-0.2, 0) is 11.2 Å². The Morgan fingerprint density at radius 1 is 1.25 bits per heavy atom. The number of aryl methyl sites for hydroxylation is 1. The minimum Gasteiger partial charge on any atom is -0.477 e. The van der Waals surface area contributed by atoms with Gasteiger partial charge in [-0.05, 0) is 19.1 Å². The van der Waals surface area contributed by atoms with E-state index in [1.54, 1.807) is 18.3 Å². The van der Waals surface area contributed by atoms with Crippen LogP contribution in [0.1, 0.15) is 20.2 Å². The molecule has 0 unspecified atom stereocenters. The molecule has 162 valence electrons. The van der Waals surface area contributed by atoms with Gasteiger partial charge in [0, 0.05) is 41.9 Å². The monoisotopic (exact) mass is 468 g/mol. The molecule has 4 aromatic rings. The lowest BCUT2D eigenvalue weighted by atomic mass is 9.93. The number of hydrogen-bond acceptors (Lipinski definition) is 10. The molecule has 1 saturated heterocycles. The van der Waals surface area contributed by atoms with Crippen LogP contribution in [-0.4, -0.2) is 53.8 Å². The predicted octanol–water partition coefficient (Wildman–Crippen LogP) is 1.95. The fourth-order valence-electron chi connectivity index (χ4n) is 3.59. The number of nitrogens with zero attached hydrogens (tertiary/aromatic N) is 6. The van der Waals surface area contributed by atoms with E-state index in [1.165, 1.54) is 28.4 Å². The first-order valence-electron chi connectivity index (χ1n) is 9.66. The molecule has 0 amide bonds. The maximum Gasteiger partial charge on any atom is 0.341 e. The van der Waals surface area contributed by atoms with Crippen molar-refractivity contribution in [2.24, 2.45) is 5.92 Å². The van der Waals surface area contributed by atoms with Gasteiger partial charge in [0.1, 0.15) is 28.5 Å². The van der Waals surface area contributed by atoms with Crippen LogP contribution in [0.5, 0.6) is 0 Å². The molecule has 1 N–H and O–H groups in total. The van der Waals surface area contributed by atoms with E-state index in [4.69, 9.17) is 0 Å². The summed E-state index contributed by atoms with van der Waals surface area (Å²) >= 11 is 2.59. The molecule has 12 heteroatoms. The van der Waals surface area contributed by atoms with Crippen molar-refractivity contribution in [2.75, 3.05) is 18.0 Å². The number of rotatable bonds is 6. The first kappa shape index (κ1) is 20.4. The summed E-state index contributed by atoms with van der Waals surface area (Å²) in [4.78, 5) is 52.8.